The number of nitrogens with zero attached hydrogens (tertiary/aromatic N) is 1. The average molecular weight is 234 g/mol. The van der Waals surface area contributed by atoms with Gasteiger partial charge in [0.05, 0.1) is 0 Å². The van der Waals surface area contributed by atoms with Gasteiger partial charge in [-0.25, -0.2) is 0 Å². The molecule has 2 rings (SSSR count). The van der Waals surface area contributed by atoms with Crippen molar-refractivity contribution < 1.29 is 5.11 Å². The Morgan fingerprint density at radius 2 is 2.24 bits per heavy atom. The third-order valence-electron chi connectivity index (χ3n) is 3.53. The zero-order chi connectivity index (χ0) is 12.4. The smallest absolute Gasteiger partial charge is 0.122 e. The molecule has 1 aliphatic heterocycles. The van der Waals surface area contributed by atoms with Gasteiger partial charge in [-0.15, -0.1) is 0 Å². The molecule has 0 radical (unpaired) electrons. The summed E-state index contributed by atoms with van der Waals surface area (Å²) in [5.74, 6) is 1.05. The quantitative estimate of drug-likeness (QED) is 0.827. The first-order valence-corrected chi connectivity index (χ1v) is 6.41. The van der Waals surface area contributed by atoms with Crippen molar-refractivity contribution in [3.63, 3.8) is 0 Å². The van der Waals surface area contributed by atoms with Crippen LogP contribution in [-0.4, -0.2) is 18.2 Å². The standard InChI is InChI=1S/C14H22N2O/c1-10-4-3-7-16(9-10)12-5-6-13(11(2)15)14(17)8-12/h5-6,8,10-11,17H,3-4,7,9,15H2,1-2H3. The Morgan fingerprint density at radius 1 is 1.47 bits per heavy atom. The van der Waals surface area contributed by atoms with Gasteiger partial charge in [0, 0.05) is 36.4 Å². The van der Waals surface area contributed by atoms with Crippen LogP contribution in [0.4, 0.5) is 5.69 Å². The Hall–Kier alpha value is -1.22. The highest BCUT2D eigenvalue weighted by Crippen LogP contribution is 2.30. The molecule has 2 unspecified atom stereocenters. The van der Waals surface area contributed by atoms with E-state index in [-0.39, 0.29) is 6.04 Å². The molecule has 0 spiro atoms. The summed E-state index contributed by atoms with van der Waals surface area (Å²) in [6.45, 7) is 6.33. The Kier molecular flexibility index (Phi) is 3.57. The minimum atomic E-state index is -0.121. The fourth-order valence-electron chi connectivity index (χ4n) is 2.54. The van der Waals surface area contributed by atoms with Gasteiger partial charge in [-0.3, -0.25) is 0 Å². The molecular weight excluding hydrogens is 212 g/mol. The molecule has 1 aliphatic rings. The van der Waals surface area contributed by atoms with Crippen LogP contribution in [0.5, 0.6) is 5.75 Å². The Labute approximate surface area is 103 Å². The molecule has 0 bridgehead atoms. The molecule has 1 fully saturated rings. The molecule has 0 amide bonds. The van der Waals surface area contributed by atoms with E-state index in [9.17, 15) is 5.11 Å². The van der Waals surface area contributed by atoms with Crippen molar-refractivity contribution in [3.05, 3.63) is 23.8 Å². The summed E-state index contributed by atoms with van der Waals surface area (Å²) >= 11 is 0. The van der Waals surface area contributed by atoms with Crippen LogP contribution >= 0.6 is 0 Å². The highest BCUT2D eigenvalue weighted by atomic mass is 16.3. The third-order valence-corrected chi connectivity index (χ3v) is 3.53. The van der Waals surface area contributed by atoms with E-state index in [0.717, 1.165) is 30.3 Å². The number of rotatable bonds is 2. The first-order chi connectivity index (χ1) is 8.08. The molecule has 3 heteroatoms. The van der Waals surface area contributed by atoms with E-state index in [4.69, 9.17) is 5.73 Å². The van der Waals surface area contributed by atoms with Crippen LogP contribution in [0.2, 0.25) is 0 Å². The first-order valence-electron chi connectivity index (χ1n) is 6.41. The molecular formula is C14H22N2O. The normalized spacial score (nSPS) is 22.5. The van der Waals surface area contributed by atoms with Crippen LogP contribution in [0.25, 0.3) is 0 Å². The Morgan fingerprint density at radius 3 is 2.82 bits per heavy atom. The highest BCUT2D eigenvalue weighted by Gasteiger charge is 2.17. The number of anilines is 1. The van der Waals surface area contributed by atoms with Crippen LogP contribution in [-0.2, 0) is 0 Å². The predicted octanol–water partition coefficient (Wildman–Crippen LogP) is 2.65. The molecule has 1 aromatic rings. The second-order valence-electron chi connectivity index (χ2n) is 5.23. The maximum Gasteiger partial charge on any atom is 0.122 e. The predicted molar refractivity (Wildman–Crippen MR) is 71.3 cm³/mol. The zero-order valence-corrected chi connectivity index (χ0v) is 10.7. The highest BCUT2D eigenvalue weighted by molar-refractivity contribution is 5.54. The minimum absolute atomic E-state index is 0.121. The lowest BCUT2D eigenvalue weighted by atomic mass is 9.99. The minimum Gasteiger partial charge on any atom is -0.508 e. The molecule has 3 N–H and O–H groups in total. The fourth-order valence-corrected chi connectivity index (χ4v) is 2.54. The molecule has 1 heterocycles. The van der Waals surface area contributed by atoms with Gasteiger partial charge in [-0.2, -0.15) is 0 Å². The number of phenolic OH excluding ortho intramolecular Hbond substituents is 1. The number of benzene rings is 1. The number of aromatic hydroxyl groups is 1. The first kappa shape index (κ1) is 12.2. The van der Waals surface area contributed by atoms with E-state index in [1.807, 2.05) is 19.1 Å². The van der Waals surface area contributed by atoms with Gasteiger partial charge in [0.25, 0.3) is 0 Å². The lowest BCUT2D eigenvalue weighted by Gasteiger charge is -2.33. The van der Waals surface area contributed by atoms with Gasteiger partial charge in [-0.05, 0) is 31.7 Å². The Bertz CT molecular complexity index is 390. The summed E-state index contributed by atoms with van der Waals surface area (Å²) in [5, 5.41) is 9.95. The number of hydrogen-bond acceptors (Lipinski definition) is 3. The molecule has 1 saturated heterocycles. The molecule has 0 aliphatic carbocycles. The van der Waals surface area contributed by atoms with Crippen molar-refractivity contribution in [1.82, 2.24) is 0 Å². The van der Waals surface area contributed by atoms with E-state index in [0.29, 0.717) is 5.75 Å². The average Bonchev–Trinajstić information content (AvgIpc) is 2.28. The summed E-state index contributed by atoms with van der Waals surface area (Å²) < 4.78 is 0. The molecule has 0 saturated carbocycles. The third kappa shape index (κ3) is 2.72. The van der Waals surface area contributed by atoms with Crippen molar-refractivity contribution in [2.75, 3.05) is 18.0 Å². The van der Waals surface area contributed by atoms with E-state index in [2.05, 4.69) is 17.9 Å². The lowest BCUT2D eigenvalue weighted by Crippen LogP contribution is -2.34. The van der Waals surface area contributed by atoms with Crippen LogP contribution < -0.4 is 10.6 Å². The van der Waals surface area contributed by atoms with Gasteiger partial charge in [0.2, 0.25) is 0 Å². The summed E-state index contributed by atoms with van der Waals surface area (Å²) in [6, 6.07) is 5.73. The van der Waals surface area contributed by atoms with Gasteiger partial charge < -0.3 is 15.7 Å². The molecule has 1 aromatic carbocycles. The second-order valence-corrected chi connectivity index (χ2v) is 5.23. The molecule has 94 valence electrons. The summed E-state index contributed by atoms with van der Waals surface area (Å²) in [6.07, 6.45) is 2.54. The van der Waals surface area contributed by atoms with Crippen LogP contribution in [0.3, 0.4) is 0 Å². The van der Waals surface area contributed by atoms with Crippen molar-refractivity contribution in [2.45, 2.75) is 32.7 Å². The zero-order valence-electron chi connectivity index (χ0n) is 10.7. The molecule has 17 heavy (non-hydrogen) atoms. The summed E-state index contributed by atoms with van der Waals surface area (Å²) in [7, 11) is 0. The van der Waals surface area contributed by atoms with E-state index in [1.165, 1.54) is 12.8 Å². The molecule has 3 nitrogen and oxygen atoms in total. The van der Waals surface area contributed by atoms with Crippen LogP contribution in [0, 0.1) is 5.92 Å². The van der Waals surface area contributed by atoms with E-state index < -0.39 is 0 Å². The lowest BCUT2D eigenvalue weighted by molar-refractivity contribution is 0.443. The largest absolute Gasteiger partial charge is 0.508 e. The number of hydrogen-bond donors (Lipinski definition) is 2. The topological polar surface area (TPSA) is 49.5 Å². The van der Waals surface area contributed by atoms with Crippen LogP contribution in [0.1, 0.15) is 38.3 Å². The van der Waals surface area contributed by atoms with Gasteiger partial charge in [0.1, 0.15) is 5.75 Å². The molecule has 0 aromatic heterocycles. The molecule has 2 atom stereocenters. The van der Waals surface area contributed by atoms with Crippen LogP contribution in [0.15, 0.2) is 18.2 Å². The fraction of sp³-hybridized carbons (Fsp3) is 0.571. The monoisotopic (exact) mass is 234 g/mol. The van der Waals surface area contributed by atoms with Gasteiger partial charge in [-0.1, -0.05) is 13.0 Å². The van der Waals surface area contributed by atoms with Crippen molar-refractivity contribution in [2.24, 2.45) is 11.7 Å². The Balaban J connectivity index is 2.19. The van der Waals surface area contributed by atoms with E-state index in [1.54, 1.807) is 0 Å². The van der Waals surface area contributed by atoms with Crippen molar-refractivity contribution >= 4 is 5.69 Å². The van der Waals surface area contributed by atoms with E-state index >= 15 is 0 Å². The van der Waals surface area contributed by atoms with Crippen molar-refractivity contribution in [3.8, 4) is 5.75 Å². The summed E-state index contributed by atoms with van der Waals surface area (Å²) in [4.78, 5) is 2.35. The summed E-state index contributed by atoms with van der Waals surface area (Å²) in [5.41, 5.74) is 7.72. The number of phenols is 1. The van der Waals surface area contributed by atoms with Gasteiger partial charge in [0.15, 0.2) is 0 Å². The second kappa shape index (κ2) is 4.96. The number of nitrogens with two attached hydrogens (primary N) is 1. The van der Waals surface area contributed by atoms with Gasteiger partial charge >= 0.3 is 0 Å². The van der Waals surface area contributed by atoms with Crippen molar-refractivity contribution in [1.29, 1.82) is 0 Å². The maximum absolute atomic E-state index is 9.95. The SMILES string of the molecule is CC1CCCN(c2ccc(C(C)N)c(O)c2)C1. The maximum atomic E-state index is 9.95. The number of piperidine rings is 1.